The Labute approximate surface area is 139 Å². The third-order valence-electron chi connectivity index (χ3n) is 3.31. The lowest BCUT2D eigenvalue weighted by atomic mass is 9.93. The summed E-state index contributed by atoms with van der Waals surface area (Å²) in [5, 5.41) is 7.03. The van der Waals surface area contributed by atoms with Crippen molar-refractivity contribution in [2.75, 3.05) is 13.1 Å². The van der Waals surface area contributed by atoms with Crippen LogP contribution in [0.25, 0.3) is 0 Å². The molecule has 2 rings (SSSR count). The predicted molar refractivity (Wildman–Crippen MR) is 92.6 cm³/mol. The lowest BCUT2D eigenvalue weighted by molar-refractivity contribution is 0.166. The predicted octanol–water partition coefficient (Wildman–Crippen LogP) is 3.47. The molecule has 2 atom stereocenters. The van der Waals surface area contributed by atoms with Gasteiger partial charge in [-0.15, -0.1) is 36.2 Å². The van der Waals surface area contributed by atoms with Crippen LogP contribution in [0.3, 0.4) is 0 Å². The van der Waals surface area contributed by atoms with Gasteiger partial charge in [0.15, 0.2) is 0 Å². The Kier molecular flexibility index (Phi) is 8.00. The van der Waals surface area contributed by atoms with Gasteiger partial charge in [0.25, 0.3) is 0 Å². The van der Waals surface area contributed by atoms with Crippen LogP contribution in [0.2, 0.25) is 0 Å². The first-order valence-corrected chi connectivity index (χ1v) is 7.66. The van der Waals surface area contributed by atoms with Crippen LogP contribution in [-0.4, -0.2) is 35.1 Å². The molecule has 0 bridgehead atoms. The van der Waals surface area contributed by atoms with Gasteiger partial charge in [0, 0.05) is 36.0 Å². The minimum atomic E-state index is 0. The highest BCUT2D eigenvalue weighted by atomic mass is 35.5. The van der Waals surface area contributed by atoms with Gasteiger partial charge in [-0.3, -0.25) is 4.90 Å². The van der Waals surface area contributed by atoms with Crippen LogP contribution in [0.4, 0.5) is 0 Å². The van der Waals surface area contributed by atoms with Crippen LogP contribution in [0.5, 0.6) is 0 Å². The second kappa shape index (κ2) is 7.95. The molecular formula is C14H27Cl2N3S. The van der Waals surface area contributed by atoms with Gasteiger partial charge >= 0.3 is 0 Å². The molecule has 2 unspecified atom stereocenters. The third-order valence-corrected chi connectivity index (χ3v) is 4.15. The molecule has 2 heterocycles. The molecule has 1 N–H and O–H groups in total. The molecule has 6 heteroatoms. The highest BCUT2D eigenvalue weighted by molar-refractivity contribution is 7.09. The number of hydrogen-bond acceptors (Lipinski definition) is 4. The minimum Gasteiger partial charge on any atom is -0.309 e. The fraction of sp³-hybridized carbons (Fsp3) is 0.786. The summed E-state index contributed by atoms with van der Waals surface area (Å²) >= 11 is 1.80. The van der Waals surface area contributed by atoms with Crippen molar-refractivity contribution in [3.05, 3.63) is 16.1 Å². The van der Waals surface area contributed by atoms with Crippen LogP contribution >= 0.6 is 36.2 Å². The standard InChI is InChI=1S/C14H25N3S.2ClH/c1-10-6-17(7-11(2)15-10)8-13-16-12(9-18-13)14(3,4)5;;/h9-11,15H,6-8H2,1-5H3;2*1H. The number of piperazine rings is 1. The number of aromatic nitrogens is 1. The molecule has 0 aromatic carbocycles. The molecule has 0 aliphatic carbocycles. The van der Waals surface area contributed by atoms with E-state index in [2.05, 4.69) is 50.2 Å². The smallest absolute Gasteiger partial charge is 0.107 e. The average molecular weight is 340 g/mol. The summed E-state index contributed by atoms with van der Waals surface area (Å²) in [7, 11) is 0. The van der Waals surface area contributed by atoms with E-state index in [4.69, 9.17) is 4.98 Å². The molecular weight excluding hydrogens is 313 g/mol. The first kappa shape index (κ1) is 20.1. The van der Waals surface area contributed by atoms with Gasteiger partial charge in [-0.2, -0.15) is 0 Å². The molecule has 3 nitrogen and oxygen atoms in total. The molecule has 0 radical (unpaired) electrons. The Morgan fingerprint density at radius 3 is 2.25 bits per heavy atom. The second-order valence-corrected chi connectivity index (χ2v) is 7.48. The van der Waals surface area contributed by atoms with Gasteiger partial charge in [0.05, 0.1) is 12.2 Å². The van der Waals surface area contributed by atoms with Crippen molar-refractivity contribution in [2.24, 2.45) is 0 Å². The number of thiazole rings is 1. The van der Waals surface area contributed by atoms with Crippen molar-refractivity contribution in [1.82, 2.24) is 15.2 Å². The molecule has 1 fully saturated rings. The lowest BCUT2D eigenvalue weighted by Crippen LogP contribution is -2.53. The van der Waals surface area contributed by atoms with Gasteiger partial charge in [-0.25, -0.2) is 4.98 Å². The van der Waals surface area contributed by atoms with Crippen LogP contribution in [0, 0.1) is 0 Å². The maximum absolute atomic E-state index is 4.78. The molecule has 20 heavy (non-hydrogen) atoms. The number of hydrogen-bond donors (Lipinski definition) is 1. The van der Waals surface area contributed by atoms with Crippen LogP contribution in [0.1, 0.15) is 45.3 Å². The topological polar surface area (TPSA) is 28.2 Å². The van der Waals surface area contributed by atoms with E-state index in [0.29, 0.717) is 12.1 Å². The van der Waals surface area contributed by atoms with Crippen LogP contribution in [-0.2, 0) is 12.0 Å². The fourth-order valence-corrected chi connectivity index (χ4v) is 3.55. The molecule has 1 aliphatic heterocycles. The summed E-state index contributed by atoms with van der Waals surface area (Å²) in [6.07, 6.45) is 0. The van der Waals surface area contributed by atoms with Crippen LogP contribution in [0.15, 0.2) is 5.38 Å². The molecule has 1 aromatic heterocycles. The zero-order chi connectivity index (χ0) is 13.3. The molecule has 1 saturated heterocycles. The lowest BCUT2D eigenvalue weighted by Gasteiger charge is -2.35. The second-order valence-electron chi connectivity index (χ2n) is 6.54. The highest BCUT2D eigenvalue weighted by Gasteiger charge is 2.23. The summed E-state index contributed by atoms with van der Waals surface area (Å²) in [6.45, 7) is 14.4. The highest BCUT2D eigenvalue weighted by Crippen LogP contribution is 2.24. The van der Waals surface area contributed by atoms with Gasteiger partial charge in [0.1, 0.15) is 5.01 Å². The SMILES string of the molecule is CC1CN(Cc2nc(C(C)(C)C)cs2)CC(C)N1.Cl.Cl. The van der Waals surface area contributed by atoms with Gasteiger partial charge < -0.3 is 5.32 Å². The van der Waals surface area contributed by atoms with Crippen molar-refractivity contribution in [3.8, 4) is 0 Å². The van der Waals surface area contributed by atoms with E-state index < -0.39 is 0 Å². The molecule has 0 amide bonds. The number of nitrogens with one attached hydrogen (secondary N) is 1. The van der Waals surface area contributed by atoms with Crippen molar-refractivity contribution in [1.29, 1.82) is 0 Å². The third kappa shape index (κ3) is 5.49. The molecule has 1 aromatic rings. The Morgan fingerprint density at radius 2 is 1.80 bits per heavy atom. The summed E-state index contributed by atoms with van der Waals surface area (Å²) in [6, 6.07) is 1.16. The van der Waals surface area contributed by atoms with E-state index in [1.54, 1.807) is 11.3 Å². The molecule has 1 aliphatic rings. The quantitative estimate of drug-likeness (QED) is 0.894. The largest absolute Gasteiger partial charge is 0.309 e. The van der Waals surface area contributed by atoms with E-state index in [1.807, 2.05) is 0 Å². The van der Waals surface area contributed by atoms with E-state index in [0.717, 1.165) is 19.6 Å². The van der Waals surface area contributed by atoms with Gasteiger partial charge in [-0.05, 0) is 13.8 Å². The zero-order valence-electron chi connectivity index (χ0n) is 13.0. The molecule has 0 saturated carbocycles. The van der Waals surface area contributed by atoms with E-state index >= 15 is 0 Å². The number of halogens is 2. The normalized spacial score (nSPS) is 23.9. The van der Waals surface area contributed by atoms with Crippen LogP contribution < -0.4 is 5.32 Å². The number of nitrogens with zero attached hydrogens (tertiary/aromatic N) is 2. The summed E-state index contributed by atoms with van der Waals surface area (Å²) in [4.78, 5) is 7.29. The summed E-state index contributed by atoms with van der Waals surface area (Å²) < 4.78 is 0. The Bertz CT molecular complexity index is 393. The maximum Gasteiger partial charge on any atom is 0.107 e. The van der Waals surface area contributed by atoms with Crippen molar-refractivity contribution >= 4 is 36.2 Å². The van der Waals surface area contributed by atoms with Gasteiger partial charge in [0.2, 0.25) is 0 Å². The van der Waals surface area contributed by atoms with Gasteiger partial charge in [-0.1, -0.05) is 20.8 Å². The molecule has 118 valence electrons. The van der Waals surface area contributed by atoms with E-state index in [-0.39, 0.29) is 30.2 Å². The van der Waals surface area contributed by atoms with E-state index in [1.165, 1.54) is 10.7 Å². The summed E-state index contributed by atoms with van der Waals surface area (Å²) in [5.74, 6) is 0. The zero-order valence-corrected chi connectivity index (χ0v) is 15.4. The first-order valence-electron chi connectivity index (χ1n) is 6.78. The fourth-order valence-electron chi connectivity index (χ4n) is 2.49. The number of rotatable bonds is 2. The Hall–Kier alpha value is 0.130. The monoisotopic (exact) mass is 339 g/mol. The molecule has 0 spiro atoms. The van der Waals surface area contributed by atoms with Crippen molar-refractivity contribution in [3.63, 3.8) is 0 Å². The van der Waals surface area contributed by atoms with Crippen molar-refractivity contribution in [2.45, 2.75) is 58.7 Å². The van der Waals surface area contributed by atoms with Crippen molar-refractivity contribution < 1.29 is 0 Å². The average Bonchev–Trinajstić information content (AvgIpc) is 2.63. The Balaban J connectivity index is 0.00000180. The van der Waals surface area contributed by atoms with E-state index in [9.17, 15) is 0 Å². The first-order chi connectivity index (χ1) is 8.34. The summed E-state index contributed by atoms with van der Waals surface area (Å²) in [5.41, 5.74) is 1.39. The maximum atomic E-state index is 4.78. The Morgan fingerprint density at radius 1 is 1.25 bits per heavy atom. The minimum absolute atomic E-state index is 0.